The number of fused-ring (bicyclic) bond motifs is 1. The summed E-state index contributed by atoms with van der Waals surface area (Å²) in [6.07, 6.45) is 3.04. The topological polar surface area (TPSA) is 51.8 Å². The second-order valence-corrected chi connectivity index (χ2v) is 8.57. The summed E-state index contributed by atoms with van der Waals surface area (Å²) < 4.78 is 5.87. The number of hydrogen-bond acceptors (Lipinski definition) is 4. The van der Waals surface area contributed by atoms with Gasteiger partial charge in [0.2, 0.25) is 0 Å². The summed E-state index contributed by atoms with van der Waals surface area (Å²) in [6.45, 7) is 6.30. The number of piperazine rings is 1. The number of benzene rings is 2. The second kappa shape index (κ2) is 9.43. The first kappa shape index (κ1) is 21.2. The minimum atomic E-state index is 0.0468. The summed E-state index contributed by atoms with van der Waals surface area (Å²) in [7, 11) is 4.16. The summed E-state index contributed by atoms with van der Waals surface area (Å²) in [5, 5.41) is 1.17. The van der Waals surface area contributed by atoms with Crippen molar-refractivity contribution in [1.29, 1.82) is 0 Å². The molecule has 31 heavy (non-hydrogen) atoms. The molecule has 0 aliphatic carbocycles. The third-order valence-corrected chi connectivity index (χ3v) is 5.96. The summed E-state index contributed by atoms with van der Waals surface area (Å²) in [4.78, 5) is 22.4. The lowest BCUT2D eigenvalue weighted by atomic mass is 10.1. The Morgan fingerprint density at radius 1 is 1.06 bits per heavy atom. The van der Waals surface area contributed by atoms with Crippen LogP contribution in [0.2, 0.25) is 0 Å². The Labute approximate surface area is 184 Å². The van der Waals surface area contributed by atoms with Gasteiger partial charge >= 0.3 is 0 Å². The number of likely N-dealkylation sites (N-methyl/N-ethyl adjacent to an activating group) is 1. The molecule has 6 nitrogen and oxygen atoms in total. The van der Waals surface area contributed by atoms with Crippen molar-refractivity contribution >= 4 is 22.5 Å². The molecule has 1 amide bonds. The standard InChI is InChI=1S/C25H32N4O2/c1-19-4-6-21(7-5-19)28-12-14-29(15-13-28)25(30)18-31-22-8-9-24-23(16-22)20(17-26-24)10-11-27(2)3/h4-9,16-17,26H,10-15,18H2,1-3H3. The Morgan fingerprint density at radius 3 is 2.52 bits per heavy atom. The fourth-order valence-corrected chi connectivity index (χ4v) is 4.00. The number of ether oxygens (including phenoxy) is 1. The SMILES string of the molecule is Cc1ccc(N2CCN(C(=O)COc3ccc4[nH]cc(CCN(C)C)c4c3)CC2)cc1. The Kier molecular flexibility index (Phi) is 6.47. The number of aryl methyl sites for hydroxylation is 1. The van der Waals surface area contributed by atoms with Crippen molar-refractivity contribution in [2.24, 2.45) is 0 Å². The van der Waals surface area contributed by atoms with Gasteiger partial charge in [-0.25, -0.2) is 0 Å². The van der Waals surface area contributed by atoms with Crippen LogP contribution in [0, 0.1) is 6.92 Å². The Bertz CT molecular complexity index is 1020. The molecule has 1 N–H and O–H groups in total. The van der Waals surface area contributed by atoms with Gasteiger partial charge in [-0.15, -0.1) is 0 Å². The number of rotatable bonds is 7. The number of aromatic nitrogens is 1. The van der Waals surface area contributed by atoms with Gasteiger partial charge in [-0.05, 0) is 63.3 Å². The van der Waals surface area contributed by atoms with Gasteiger partial charge in [0.25, 0.3) is 5.91 Å². The Balaban J connectivity index is 1.31. The van der Waals surface area contributed by atoms with E-state index in [0.29, 0.717) is 0 Å². The molecule has 1 aliphatic heterocycles. The molecule has 1 saturated heterocycles. The van der Waals surface area contributed by atoms with Crippen LogP contribution in [-0.2, 0) is 11.2 Å². The molecule has 4 rings (SSSR count). The molecule has 1 fully saturated rings. The van der Waals surface area contributed by atoms with Gasteiger partial charge < -0.3 is 24.4 Å². The van der Waals surface area contributed by atoms with E-state index in [1.807, 2.05) is 23.1 Å². The largest absolute Gasteiger partial charge is 0.484 e. The predicted octanol–water partition coefficient (Wildman–Crippen LogP) is 3.31. The van der Waals surface area contributed by atoms with Gasteiger partial charge in [-0.1, -0.05) is 17.7 Å². The van der Waals surface area contributed by atoms with Crippen molar-refractivity contribution in [3.05, 3.63) is 59.8 Å². The molecule has 2 heterocycles. The third-order valence-electron chi connectivity index (χ3n) is 5.96. The van der Waals surface area contributed by atoms with Crippen molar-refractivity contribution in [1.82, 2.24) is 14.8 Å². The van der Waals surface area contributed by atoms with E-state index in [-0.39, 0.29) is 12.5 Å². The van der Waals surface area contributed by atoms with E-state index in [1.165, 1.54) is 22.2 Å². The molecule has 0 radical (unpaired) electrons. The van der Waals surface area contributed by atoms with Crippen LogP contribution >= 0.6 is 0 Å². The average molecular weight is 421 g/mol. The predicted molar refractivity (Wildman–Crippen MR) is 126 cm³/mol. The molecular formula is C25H32N4O2. The Hall–Kier alpha value is -2.99. The van der Waals surface area contributed by atoms with Gasteiger partial charge in [-0.3, -0.25) is 4.79 Å². The minimum Gasteiger partial charge on any atom is -0.484 e. The quantitative estimate of drug-likeness (QED) is 0.637. The van der Waals surface area contributed by atoms with Gasteiger partial charge in [0.15, 0.2) is 6.61 Å². The first-order chi connectivity index (χ1) is 15.0. The van der Waals surface area contributed by atoms with Crippen LogP contribution in [0.1, 0.15) is 11.1 Å². The molecule has 164 valence electrons. The lowest BCUT2D eigenvalue weighted by Gasteiger charge is -2.36. The zero-order chi connectivity index (χ0) is 21.8. The first-order valence-corrected chi connectivity index (χ1v) is 11.0. The highest BCUT2D eigenvalue weighted by Gasteiger charge is 2.21. The fraction of sp³-hybridized carbons (Fsp3) is 0.400. The zero-order valence-corrected chi connectivity index (χ0v) is 18.7. The maximum Gasteiger partial charge on any atom is 0.260 e. The molecule has 1 aliphatic rings. The lowest BCUT2D eigenvalue weighted by molar-refractivity contribution is -0.133. The van der Waals surface area contributed by atoms with Crippen LogP contribution in [0.15, 0.2) is 48.7 Å². The van der Waals surface area contributed by atoms with Crippen molar-refractivity contribution < 1.29 is 9.53 Å². The number of carbonyl (C=O) groups is 1. The number of amides is 1. The van der Waals surface area contributed by atoms with Crippen molar-refractivity contribution in [3.63, 3.8) is 0 Å². The van der Waals surface area contributed by atoms with Crippen LogP contribution in [0.5, 0.6) is 5.75 Å². The zero-order valence-electron chi connectivity index (χ0n) is 18.7. The summed E-state index contributed by atoms with van der Waals surface area (Å²) in [6, 6.07) is 14.6. The highest BCUT2D eigenvalue weighted by molar-refractivity contribution is 5.85. The number of carbonyl (C=O) groups excluding carboxylic acids is 1. The van der Waals surface area contributed by atoms with Crippen molar-refractivity contribution in [2.75, 3.05) is 58.3 Å². The third kappa shape index (κ3) is 5.20. The van der Waals surface area contributed by atoms with E-state index in [9.17, 15) is 4.79 Å². The number of nitrogens with one attached hydrogen (secondary N) is 1. The van der Waals surface area contributed by atoms with Crippen molar-refractivity contribution in [3.8, 4) is 5.75 Å². The average Bonchev–Trinajstić information content (AvgIpc) is 3.19. The maximum absolute atomic E-state index is 12.7. The number of hydrogen-bond donors (Lipinski definition) is 1. The molecule has 1 aromatic heterocycles. The van der Waals surface area contributed by atoms with E-state index in [2.05, 4.69) is 66.3 Å². The number of aromatic amines is 1. The molecule has 0 saturated carbocycles. The number of nitrogens with zero attached hydrogens (tertiary/aromatic N) is 3. The molecular weight excluding hydrogens is 388 g/mol. The van der Waals surface area contributed by atoms with Gasteiger partial charge in [0, 0.05) is 55.5 Å². The number of H-pyrrole nitrogens is 1. The minimum absolute atomic E-state index is 0.0468. The smallest absolute Gasteiger partial charge is 0.260 e. The highest BCUT2D eigenvalue weighted by Crippen LogP contribution is 2.24. The first-order valence-electron chi connectivity index (χ1n) is 11.0. The van der Waals surface area contributed by atoms with Crippen LogP contribution in [0.4, 0.5) is 5.69 Å². The molecule has 0 bridgehead atoms. The van der Waals surface area contributed by atoms with Gasteiger partial charge in [-0.2, -0.15) is 0 Å². The van der Waals surface area contributed by atoms with E-state index in [1.54, 1.807) is 0 Å². The van der Waals surface area contributed by atoms with E-state index in [0.717, 1.165) is 50.4 Å². The molecule has 0 spiro atoms. The van der Waals surface area contributed by atoms with Crippen LogP contribution in [0.3, 0.4) is 0 Å². The van der Waals surface area contributed by atoms with E-state index < -0.39 is 0 Å². The van der Waals surface area contributed by atoms with E-state index >= 15 is 0 Å². The van der Waals surface area contributed by atoms with Crippen molar-refractivity contribution in [2.45, 2.75) is 13.3 Å². The molecule has 2 aromatic carbocycles. The maximum atomic E-state index is 12.7. The van der Waals surface area contributed by atoms with E-state index in [4.69, 9.17) is 4.74 Å². The summed E-state index contributed by atoms with van der Waals surface area (Å²) in [5.74, 6) is 0.787. The summed E-state index contributed by atoms with van der Waals surface area (Å²) >= 11 is 0. The highest BCUT2D eigenvalue weighted by atomic mass is 16.5. The fourth-order valence-electron chi connectivity index (χ4n) is 4.00. The number of anilines is 1. The molecule has 3 aromatic rings. The lowest BCUT2D eigenvalue weighted by Crippen LogP contribution is -2.50. The van der Waals surface area contributed by atoms with Gasteiger partial charge in [0.1, 0.15) is 5.75 Å². The van der Waals surface area contributed by atoms with Gasteiger partial charge in [0.05, 0.1) is 0 Å². The normalized spacial score (nSPS) is 14.5. The van der Waals surface area contributed by atoms with Crippen LogP contribution in [-0.4, -0.2) is 74.1 Å². The van der Waals surface area contributed by atoms with Crippen LogP contribution in [0.25, 0.3) is 10.9 Å². The monoisotopic (exact) mass is 420 g/mol. The Morgan fingerprint density at radius 2 is 1.81 bits per heavy atom. The molecule has 0 unspecified atom stereocenters. The summed E-state index contributed by atoms with van der Waals surface area (Å²) in [5.41, 5.74) is 4.85. The molecule has 6 heteroatoms. The van der Waals surface area contributed by atoms with Crippen LogP contribution < -0.4 is 9.64 Å². The second-order valence-electron chi connectivity index (χ2n) is 8.57. The molecule has 0 atom stereocenters.